The van der Waals surface area contributed by atoms with Crippen molar-refractivity contribution in [3.05, 3.63) is 63.4 Å². The van der Waals surface area contributed by atoms with Crippen molar-refractivity contribution in [3.8, 4) is 16.9 Å². The monoisotopic (exact) mass is 384 g/mol. The van der Waals surface area contributed by atoms with Crippen LogP contribution in [0.4, 0.5) is 0 Å². The number of aromatic hydroxyl groups is 1. The van der Waals surface area contributed by atoms with E-state index in [-0.39, 0.29) is 23.7 Å². The second-order valence-corrected chi connectivity index (χ2v) is 7.41. The van der Waals surface area contributed by atoms with Gasteiger partial charge in [-0.2, -0.15) is 0 Å². The van der Waals surface area contributed by atoms with Crippen LogP contribution in [0, 0.1) is 0 Å². The van der Waals surface area contributed by atoms with Crippen molar-refractivity contribution in [2.45, 2.75) is 32.2 Å². The maximum absolute atomic E-state index is 12.3. The van der Waals surface area contributed by atoms with Gasteiger partial charge in [-0.1, -0.05) is 24.3 Å². The van der Waals surface area contributed by atoms with Crippen LogP contribution in [0.5, 0.6) is 5.75 Å². The summed E-state index contributed by atoms with van der Waals surface area (Å²) in [5.41, 5.74) is 5.82. The van der Waals surface area contributed by atoms with Gasteiger partial charge >= 0.3 is 0 Å². The van der Waals surface area contributed by atoms with Crippen LogP contribution in [0.2, 0.25) is 0 Å². The molecule has 0 amide bonds. The SMILES string of the molecule is CC(c1ccc(-c2c(O)ccc3[nH]c(=O)c4c(c23)CCC4)cc1)N(C)C.Cl. The van der Waals surface area contributed by atoms with Crippen molar-refractivity contribution >= 4 is 23.3 Å². The Morgan fingerprint density at radius 1 is 1.04 bits per heavy atom. The Morgan fingerprint density at radius 2 is 1.70 bits per heavy atom. The average Bonchev–Trinajstić information content (AvgIpc) is 3.12. The van der Waals surface area contributed by atoms with Crippen LogP contribution in [0.15, 0.2) is 41.2 Å². The number of pyridine rings is 1. The topological polar surface area (TPSA) is 56.3 Å². The van der Waals surface area contributed by atoms with Gasteiger partial charge in [-0.15, -0.1) is 12.4 Å². The molecule has 3 aromatic rings. The fourth-order valence-electron chi connectivity index (χ4n) is 4.00. The molecule has 0 saturated carbocycles. The Balaban J connectivity index is 0.00000210. The summed E-state index contributed by atoms with van der Waals surface area (Å²) in [5.74, 6) is 0.257. The molecule has 1 aliphatic rings. The molecule has 5 heteroatoms. The maximum atomic E-state index is 12.3. The first-order valence-electron chi connectivity index (χ1n) is 9.14. The smallest absolute Gasteiger partial charge is 0.251 e. The van der Waals surface area contributed by atoms with Gasteiger partial charge in [0.25, 0.3) is 5.56 Å². The lowest BCUT2D eigenvalue weighted by molar-refractivity contribution is 0.321. The number of aromatic amines is 1. The van der Waals surface area contributed by atoms with E-state index in [4.69, 9.17) is 0 Å². The minimum Gasteiger partial charge on any atom is -0.507 e. The molecule has 0 spiro atoms. The number of H-pyrrole nitrogens is 1. The Kier molecular flexibility index (Phi) is 5.31. The van der Waals surface area contributed by atoms with Crippen molar-refractivity contribution < 1.29 is 5.11 Å². The third-order valence-electron chi connectivity index (χ3n) is 5.68. The third-order valence-corrected chi connectivity index (χ3v) is 5.68. The number of hydrogen-bond acceptors (Lipinski definition) is 3. The normalized spacial score (nSPS) is 14.2. The molecule has 4 nitrogen and oxygen atoms in total. The molecular weight excluding hydrogens is 360 g/mol. The Hall–Kier alpha value is -2.30. The molecule has 1 aliphatic carbocycles. The van der Waals surface area contributed by atoms with E-state index in [2.05, 4.69) is 55.2 Å². The molecule has 2 N–H and O–H groups in total. The van der Waals surface area contributed by atoms with E-state index < -0.39 is 0 Å². The van der Waals surface area contributed by atoms with E-state index >= 15 is 0 Å². The van der Waals surface area contributed by atoms with Crippen LogP contribution >= 0.6 is 12.4 Å². The average molecular weight is 385 g/mol. The van der Waals surface area contributed by atoms with Gasteiger partial charge in [0, 0.05) is 28.1 Å². The molecule has 0 saturated heterocycles. The number of fused-ring (bicyclic) bond motifs is 3. The molecule has 27 heavy (non-hydrogen) atoms. The lowest BCUT2D eigenvalue weighted by Crippen LogP contribution is -2.16. The Morgan fingerprint density at radius 3 is 2.37 bits per heavy atom. The lowest BCUT2D eigenvalue weighted by atomic mass is 9.93. The van der Waals surface area contributed by atoms with Crippen molar-refractivity contribution in [2.24, 2.45) is 0 Å². The zero-order chi connectivity index (χ0) is 18.4. The van der Waals surface area contributed by atoms with Crippen molar-refractivity contribution in [1.82, 2.24) is 9.88 Å². The van der Waals surface area contributed by atoms with Crippen molar-refractivity contribution in [1.29, 1.82) is 0 Å². The highest BCUT2D eigenvalue weighted by Gasteiger charge is 2.22. The summed E-state index contributed by atoms with van der Waals surface area (Å²) < 4.78 is 0. The van der Waals surface area contributed by atoms with E-state index in [0.717, 1.165) is 52.4 Å². The van der Waals surface area contributed by atoms with Crippen LogP contribution < -0.4 is 5.56 Å². The first-order chi connectivity index (χ1) is 12.5. The zero-order valence-corrected chi connectivity index (χ0v) is 16.7. The highest BCUT2D eigenvalue weighted by molar-refractivity contribution is 6.00. The minimum absolute atomic E-state index is 0. The van der Waals surface area contributed by atoms with Gasteiger partial charge in [-0.05, 0) is 69.1 Å². The number of hydrogen-bond donors (Lipinski definition) is 2. The summed E-state index contributed by atoms with van der Waals surface area (Å²) in [4.78, 5) is 17.5. The number of nitrogens with one attached hydrogen (secondary N) is 1. The van der Waals surface area contributed by atoms with Gasteiger partial charge in [-0.3, -0.25) is 4.79 Å². The van der Waals surface area contributed by atoms with Crippen LogP contribution in [0.3, 0.4) is 0 Å². The van der Waals surface area contributed by atoms with E-state index in [1.54, 1.807) is 12.1 Å². The molecule has 2 aromatic carbocycles. The number of benzene rings is 2. The number of rotatable bonds is 3. The van der Waals surface area contributed by atoms with Gasteiger partial charge in [0.2, 0.25) is 0 Å². The summed E-state index contributed by atoms with van der Waals surface area (Å²) in [6.45, 7) is 2.17. The maximum Gasteiger partial charge on any atom is 0.251 e. The number of nitrogens with zero attached hydrogens (tertiary/aromatic N) is 1. The van der Waals surface area contributed by atoms with Crippen LogP contribution in [-0.4, -0.2) is 29.1 Å². The van der Waals surface area contributed by atoms with Crippen molar-refractivity contribution in [3.63, 3.8) is 0 Å². The summed E-state index contributed by atoms with van der Waals surface area (Å²) in [6.07, 6.45) is 2.70. The molecule has 1 atom stereocenters. The largest absolute Gasteiger partial charge is 0.507 e. The summed E-state index contributed by atoms with van der Waals surface area (Å²) in [5, 5.41) is 11.6. The molecule has 0 bridgehead atoms. The number of aromatic nitrogens is 1. The second-order valence-electron chi connectivity index (χ2n) is 7.41. The molecule has 1 heterocycles. The highest BCUT2D eigenvalue weighted by Crippen LogP contribution is 2.40. The summed E-state index contributed by atoms with van der Waals surface area (Å²) >= 11 is 0. The molecule has 1 aromatic heterocycles. The Labute approximate surface area is 165 Å². The van der Waals surface area contributed by atoms with Crippen LogP contribution in [-0.2, 0) is 12.8 Å². The molecule has 0 fully saturated rings. The lowest BCUT2D eigenvalue weighted by Gasteiger charge is -2.20. The van der Waals surface area contributed by atoms with E-state index in [9.17, 15) is 9.90 Å². The Bertz CT molecular complexity index is 1040. The van der Waals surface area contributed by atoms with E-state index in [0.29, 0.717) is 6.04 Å². The summed E-state index contributed by atoms with van der Waals surface area (Å²) in [6, 6.07) is 12.2. The first-order valence-corrected chi connectivity index (χ1v) is 9.14. The van der Waals surface area contributed by atoms with E-state index in [1.807, 2.05) is 0 Å². The predicted octanol–water partition coefficient (Wildman–Crippen LogP) is 4.43. The first kappa shape index (κ1) is 19.5. The minimum atomic E-state index is 0. The van der Waals surface area contributed by atoms with Crippen LogP contribution in [0.25, 0.3) is 22.0 Å². The molecular formula is C22H25ClN2O2. The van der Waals surface area contributed by atoms with Gasteiger partial charge < -0.3 is 15.0 Å². The number of halogens is 1. The third kappa shape index (κ3) is 3.24. The second kappa shape index (κ2) is 7.37. The van der Waals surface area contributed by atoms with Gasteiger partial charge in [0.05, 0.1) is 0 Å². The van der Waals surface area contributed by atoms with E-state index in [1.165, 1.54) is 5.56 Å². The molecule has 1 unspecified atom stereocenters. The molecule has 0 radical (unpaired) electrons. The molecule has 142 valence electrons. The van der Waals surface area contributed by atoms with Crippen molar-refractivity contribution in [2.75, 3.05) is 14.1 Å². The summed E-state index contributed by atoms with van der Waals surface area (Å²) in [7, 11) is 4.13. The highest BCUT2D eigenvalue weighted by atomic mass is 35.5. The zero-order valence-electron chi connectivity index (χ0n) is 15.9. The molecule has 0 aliphatic heterocycles. The number of phenolic OH excluding ortho intramolecular Hbond substituents is 1. The number of aryl methyl sites for hydroxylation is 1. The van der Waals surface area contributed by atoms with Gasteiger partial charge in [-0.25, -0.2) is 0 Å². The number of phenols is 1. The van der Waals surface area contributed by atoms with Crippen LogP contribution in [0.1, 0.15) is 36.1 Å². The van der Waals surface area contributed by atoms with Gasteiger partial charge in [0.1, 0.15) is 5.75 Å². The quantitative estimate of drug-likeness (QED) is 0.702. The molecule has 4 rings (SSSR count). The fraction of sp³-hybridized carbons (Fsp3) is 0.318. The predicted molar refractivity (Wildman–Crippen MR) is 113 cm³/mol. The fourth-order valence-corrected chi connectivity index (χ4v) is 4.00. The van der Waals surface area contributed by atoms with Gasteiger partial charge in [0.15, 0.2) is 0 Å². The standard InChI is InChI=1S/C22H24N2O2.ClH/c1-13(24(2)3)14-7-9-15(10-8-14)20-19(25)12-11-18-21(20)16-5-4-6-17(16)22(26)23-18;/h7-13,25H,4-6H2,1-3H3,(H,23,26);1H.